The van der Waals surface area contributed by atoms with Crippen molar-refractivity contribution in [3.05, 3.63) is 34.6 Å². The van der Waals surface area contributed by atoms with Gasteiger partial charge in [0.25, 0.3) is 0 Å². The molecular weight excluding hydrogens is 419 g/mol. The Morgan fingerprint density at radius 1 is 1.00 bits per heavy atom. The van der Waals surface area contributed by atoms with Gasteiger partial charge in [-0.05, 0) is 63.7 Å². The number of amides is 3. The molecule has 6 nitrogen and oxygen atoms in total. The summed E-state index contributed by atoms with van der Waals surface area (Å²) in [5.74, 6) is -0.449. The molecule has 0 aromatic heterocycles. The van der Waals surface area contributed by atoms with Crippen molar-refractivity contribution in [3.63, 3.8) is 0 Å². The maximum atomic E-state index is 14.6. The first-order valence-corrected chi connectivity index (χ1v) is 11.9. The maximum absolute atomic E-state index is 14.6. The average molecular weight is 451 g/mol. The first kappa shape index (κ1) is 22.3. The number of carbonyl (C=O) groups is 2. The molecule has 3 heterocycles. The number of rotatable bonds is 5. The number of nitrogens with one attached hydrogen (secondary N) is 1. The number of benzene rings is 1. The highest BCUT2D eigenvalue weighted by molar-refractivity contribution is 6.31. The van der Waals surface area contributed by atoms with Gasteiger partial charge in [0.1, 0.15) is 5.82 Å². The molecule has 0 aliphatic carbocycles. The molecule has 1 aromatic rings. The Labute approximate surface area is 188 Å². The normalized spacial score (nSPS) is 21.5. The van der Waals surface area contributed by atoms with E-state index in [0.717, 1.165) is 51.9 Å². The minimum Gasteiger partial charge on any atom is -0.354 e. The molecule has 1 unspecified atom stereocenters. The van der Waals surface area contributed by atoms with Crippen molar-refractivity contribution in [3.8, 4) is 0 Å². The second kappa shape index (κ2) is 10.2. The second-order valence-corrected chi connectivity index (χ2v) is 9.28. The molecule has 3 saturated heterocycles. The predicted molar refractivity (Wildman–Crippen MR) is 118 cm³/mol. The van der Waals surface area contributed by atoms with Crippen molar-refractivity contribution in [2.45, 2.75) is 44.6 Å². The summed E-state index contributed by atoms with van der Waals surface area (Å²) in [5, 5.41) is 3.46. The molecular formula is C23H32ClFN4O2. The summed E-state index contributed by atoms with van der Waals surface area (Å²) >= 11 is 6.35. The Bertz CT molecular complexity index is 768. The number of likely N-dealkylation sites (tertiary alicyclic amines) is 3. The van der Waals surface area contributed by atoms with Gasteiger partial charge in [-0.3, -0.25) is 9.69 Å². The monoisotopic (exact) mass is 450 g/mol. The molecule has 1 aromatic carbocycles. The summed E-state index contributed by atoms with van der Waals surface area (Å²) in [7, 11) is 0. The summed E-state index contributed by atoms with van der Waals surface area (Å²) in [6.45, 7) is 5.01. The summed E-state index contributed by atoms with van der Waals surface area (Å²) in [6, 6.07) is 4.59. The van der Waals surface area contributed by atoms with Gasteiger partial charge in [0, 0.05) is 49.2 Å². The van der Waals surface area contributed by atoms with E-state index in [9.17, 15) is 14.0 Å². The molecule has 0 saturated carbocycles. The van der Waals surface area contributed by atoms with E-state index in [1.807, 2.05) is 9.80 Å². The van der Waals surface area contributed by atoms with E-state index < -0.39 is 0 Å². The first-order chi connectivity index (χ1) is 15.0. The minimum absolute atomic E-state index is 0.00932. The molecule has 3 aliphatic rings. The molecule has 1 atom stereocenters. The molecule has 170 valence electrons. The highest BCUT2D eigenvalue weighted by atomic mass is 35.5. The number of nitrogens with zero attached hydrogens (tertiary/aromatic N) is 3. The van der Waals surface area contributed by atoms with Crippen molar-refractivity contribution in [1.29, 1.82) is 0 Å². The van der Waals surface area contributed by atoms with Gasteiger partial charge in [-0.15, -0.1) is 0 Å². The molecule has 3 amide bonds. The molecule has 31 heavy (non-hydrogen) atoms. The SMILES string of the molecule is O=C(NCC(c1c(F)cccc1Cl)N1CCCC1)C1CCN(C(=O)N2CCCC2)CC1. The van der Waals surface area contributed by atoms with Crippen LogP contribution < -0.4 is 5.32 Å². The Morgan fingerprint density at radius 2 is 1.61 bits per heavy atom. The maximum Gasteiger partial charge on any atom is 0.319 e. The molecule has 8 heteroatoms. The summed E-state index contributed by atoms with van der Waals surface area (Å²) < 4.78 is 14.6. The standard InChI is InChI=1S/C23H32ClFN4O2/c24-18-6-5-7-19(25)21(18)20(27-10-1-2-11-27)16-26-22(30)17-8-14-29(15-9-17)23(31)28-12-3-4-13-28/h5-7,17,20H,1-4,8-16H2,(H,26,30). The van der Waals surface area contributed by atoms with Crippen molar-refractivity contribution < 1.29 is 14.0 Å². The van der Waals surface area contributed by atoms with Crippen LogP contribution in [0.5, 0.6) is 0 Å². The number of halogens is 2. The van der Waals surface area contributed by atoms with Gasteiger partial charge in [-0.1, -0.05) is 17.7 Å². The lowest BCUT2D eigenvalue weighted by molar-refractivity contribution is -0.126. The van der Waals surface area contributed by atoms with E-state index in [1.54, 1.807) is 12.1 Å². The van der Waals surface area contributed by atoms with Gasteiger partial charge in [-0.25, -0.2) is 9.18 Å². The third-order valence-electron chi connectivity index (χ3n) is 6.90. The first-order valence-electron chi connectivity index (χ1n) is 11.5. The van der Waals surface area contributed by atoms with Gasteiger partial charge < -0.3 is 15.1 Å². The fourth-order valence-corrected chi connectivity index (χ4v) is 5.37. The lowest BCUT2D eigenvalue weighted by Crippen LogP contribution is -2.48. The number of hydrogen-bond acceptors (Lipinski definition) is 3. The number of urea groups is 1. The summed E-state index contributed by atoms with van der Waals surface area (Å²) in [6.07, 6.45) is 5.63. The van der Waals surface area contributed by atoms with Crippen LogP contribution >= 0.6 is 11.6 Å². The lowest BCUT2D eigenvalue weighted by atomic mass is 9.95. The van der Waals surface area contributed by atoms with Crippen molar-refractivity contribution in [2.75, 3.05) is 45.8 Å². The van der Waals surface area contributed by atoms with Crippen LogP contribution in [0.15, 0.2) is 18.2 Å². The number of carbonyl (C=O) groups excluding carboxylic acids is 2. The molecule has 1 N–H and O–H groups in total. The molecule has 0 bridgehead atoms. The zero-order chi connectivity index (χ0) is 21.8. The van der Waals surface area contributed by atoms with Crippen LogP contribution in [0.4, 0.5) is 9.18 Å². The van der Waals surface area contributed by atoms with Crippen LogP contribution in [0, 0.1) is 11.7 Å². The zero-order valence-electron chi connectivity index (χ0n) is 18.0. The van der Waals surface area contributed by atoms with Crippen LogP contribution in [0.25, 0.3) is 0 Å². The minimum atomic E-state index is -0.326. The van der Waals surface area contributed by atoms with E-state index in [2.05, 4.69) is 10.2 Å². The van der Waals surface area contributed by atoms with Crippen molar-refractivity contribution in [2.24, 2.45) is 5.92 Å². The smallest absolute Gasteiger partial charge is 0.319 e. The number of piperidine rings is 1. The molecule has 4 rings (SSSR count). The van der Waals surface area contributed by atoms with Crippen LogP contribution in [0.1, 0.15) is 50.1 Å². The third-order valence-corrected chi connectivity index (χ3v) is 7.23. The van der Waals surface area contributed by atoms with Crippen LogP contribution in [-0.4, -0.2) is 72.5 Å². The summed E-state index contributed by atoms with van der Waals surface area (Å²) in [5.41, 5.74) is 0.470. The Kier molecular flexibility index (Phi) is 7.33. The molecule has 3 aliphatic heterocycles. The Balaban J connectivity index is 1.33. The fraction of sp³-hybridized carbons (Fsp3) is 0.652. The van der Waals surface area contributed by atoms with Crippen LogP contribution in [-0.2, 0) is 4.79 Å². The fourth-order valence-electron chi connectivity index (χ4n) is 5.08. The van der Waals surface area contributed by atoms with Gasteiger partial charge in [0.15, 0.2) is 0 Å². The van der Waals surface area contributed by atoms with Crippen molar-refractivity contribution >= 4 is 23.5 Å². The van der Waals surface area contributed by atoms with E-state index in [-0.39, 0.29) is 29.7 Å². The number of hydrogen-bond donors (Lipinski definition) is 1. The molecule has 0 radical (unpaired) electrons. The summed E-state index contributed by atoms with van der Waals surface area (Å²) in [4.78, 5) is 31.4. The quantitative estimate of drug-likeness (QED) is 0.744. The van der Waals surface area contributed by atoms with E-state index in [0.29, 0.717) is 43.1 Å². The highest BCUT2D eigenvalue weighted by Crippen LogP contribution is 2.32. The van der Waals surface area contributed by atoms with Crippen LogP contribution in [0.3, 0.4) is 0 Å². The van der Waals surface area contributed by atoms with E-state index in [1.165, 1.54) is 6.07 Å². The van der Waals surface area contributed by atoms with Crippen molar-refractivity contribution in [1.82, 2.24) is 20.0 Å². The topological polar surface area (TPSA) is 55.9 Å². The Morgan fingerprint density at radius 3 is 2.26 bits per heavy atom. The molecule has 3 fully saturated rings. The zero-order valence-corrected chi connectivity index (χ0v) is 18.7. The third kappa shape index (κ3) is 5.14. The largest absolute Gasteiger partial charge is 0.354 e. The van der Waals surface area contributed by atoms with Gasteiger partial charge in [0.05, 0.1) is 6.04 Å². The van der Waals surface area contributed by atoms with Gasteiger partial charge in [0.2, 0.25) is 5.91 Å². The van der Waals surface area contributed by atoms with Gasteiger partial charge >= 0.3 is 6.03 Å². The van der Waals surface area contributed by atoms with E-state index >= 15 is 0 Å². The van der Waals surface area contributed by atoms with Gasteiger partial charge in [-0.2, -0.15) is 0 Å². The lowest BCUT2D eigenvalue weighted by Gasteiger charge is -2.34. The second-order valence-electron chi connectivity index (χ2n) is 8.88. The highest BCUT2D eigenvalue weighted by Gasteiger charge is 2.32. The average Bonchev–Trinajstić information content (AvgIpc) is 3.49. The molecule has 0 spiro atoms. The Hall–Kier alpha value is -1.86. The van der Waals surface area contributed by atoms with E-state index in [4.69, 9.17) is 11.6 Å². The van der Waals surface area contributed by atoms with Crippen LogP contribution in [0.2, 0.25) is 5.02 Å². The predicted octanol–water partition coefficient (Wildman–Crippen LogP) is 3.66.